The number of rotatable bonds is 3. The SMILES string of the molecule is COC(=O)Cc1c(C#N)cc(C(F)(F)F)cc1CN. The summed E-state index contributed by atoms with van der Waals surface area (Å²) in [6.45, 7) is -0.203. The van der Waals surface area contributed by atoms with Gasteiger partial charge in [0.1, 0.15) is 0 Å². The number of carbonyl (C=O) groups is 1. The number of hydrogen-bond donors (Lipinski definition) is 1. The van der Waals surface area contributed by atoms with Gasteiger partial charge in [0.15, 0.2) is 0 Å². The molecule has 1 rings (SSSR count). The minimum atomic E-state index is -4.57. The van der Waals surface area contributed by atoms with Gasteiger partial charge in [-0.05, 0) is 23.3 Å². The van der Waals surface area contributed by atoms with Crippen LogP contribution in [-0.2, 0) is 28.7 Å². The van der Waals surface area contributed by atoms with Gasteiger partial charge in [-0.25, -0.2) is 0 Å². The number of alkyl halides is 3. The van der Waals surface area contributed by atoms with Crippen LogP contribution in [0.4, 0.5) is 13.2 Å². The summed E-state index contributed by atoms with van der Waals surface area (Å²) in [5, 5.41) is 8.90. The maximum Gasteiger partial charge on any atom is 0.416 e. The zero-order valence-electron chi connectivity index (χ0n) is 10.0. The quantitative estimate of drug-likeness (QED) is 0.850. The van der Waals surface area contributed by atoms with E-state index in [1.54, 1.807) is 6.07 Å². The molecule has 0 aliphatic rings. The number of ether oxygens (including phenoxy) is 1. The number of carbonyl (C=O) groups excluding carboxylic acids is 1. The van der Waals surface area contributed by atoms with Gasteiger partial charge in [-0.3, -0.25) is 4.79 Å². The zero-order valence-corrected chi connectivity index (χ0v) is 10.0. The van der Waals surface area contributed by atoms with Gasteiger partial charge < -0.3 is 10.5 Å². The van der Waals surface area contributed by atoms with Crippen LogP contribution in [0.3, 0.4) is 0 Å². The first-order chi connectivity index (χ1) is 8.83. The predicted molar refractivity (Wildman–Crippen MR) is 59.8 cm³/mol. The standard InChI is InChI=1S/C12H11F3N2O2/c1-19-11(18)4-10-7(5-16)2-9(12(13,14)15)3-8(10)6-17/h2-3H,4-5,16H2,1H3. The molecule has 0 aliphatic carbocycles. The lowest BCUT2D eigenvalue weighted by molar-refractivity contribution is -0.139. The molecule has 0 spiro atoms. The molecular formula is C12H11F3N2O2. The lowest BCUT2D eigenvalue weighted by Crippen LogP contribution is -2.14. The van der Waals surface area contributed by atoms with E-state index in [2.05, 4.69) is 4.74 Å². The van der Waals surface area contributed by atoms with E-state index in [0.717, 1.165) is 13.2 Å². The molecule has 1 aromatic carbocycles. The summed E-state index contributed by atoms with van der Waals surface area (Å²) in [6.07, 6.45) is -4.86. The molecule has 0 fully saturated rings. The molecule has 0 radical (unpaired) electrons. The number of nitriles is 1. The molecule has 0 unspecified atom stereocenters. The van der Waals surface area contributed by atoms with Crippen molar-refractivity contribution < 1.29 is 22.7 Å². The Bertz CT molecular complexity index is 533. The lowest BCUT2D eigenvalue weighted by Gasteiger charge is -2.13. The van der Waals surface area contributed by atoms with Gasteiger partial charge in [-0.15, -0.1) is 0 Å². The smallest absolute Gasteiger partial charge is 0.416 e. The normalized spacial score (nSPS) is 10.9. The molecule has 0 atom stereocenters. The van der Waals surface area contributed by atoms with E-state index in [1.807, 2.05) is 0 Å². The fourth-order valence-corrected chi connectivity index (χ4v) is 1.60. The molecular weight excluding hydrogens is 261 g/mol. The van der Waals surface area contributed by atoms with Crippen molar-refractivity contribution in [1.29, 1.82) is 5.26 Å². The Morgan fingerprint density at radius 3 is 2.53 bits per heavy atom. The van der Waals surface area contributed by atoms with Crippen LogP contribution in [0.25, 0.3) is 0 Å². The van der Waals surface area contributed by atoms with Crippen LogP contribution in [0.15, 0.2) is 12.1 Å². The van der Waals surface area contributed by atoms with Gasteiger partial charge in [0.05, 0.1) is 30.7 Å². The average Bonchev–Trinajstić information content (AvgIpc) is 2.37. The van der Waals surface area contributed by atoms with Crippen molar-refractivity contribution in [2.45, 2.75) is 19.1 Å². The van der Waals surface area contributed by atoms with Crippen LogP contribution in [0.2, 0.25) is 0 Å². The van der Waals surface area contributed by atoms with Crippen molar-refractivity contribution in [3.8, 4) is 6.07 Å². The van der Waals surface area contributed by atoms with Crippen molar-refractivity contribution in [3.05, 3.63) is 34.4 Å². The first-order valence-corrected chi connectivity index (χ1v) is 5.23. The van der Waals surface area contributed by atoms with E-state index in [9.17, 15) is 18.0 Å². The van der Waals surface area contributed by atoms with Gasteiger partial charge >= 0.3 is 12.1 Å². The fourth-order valence-electron chi connectivity index (χ4n) is 1.60. The van der Waals surface area contributed by atoms with Gasteiger partial charge in [0.25, 0.3) is 0 Å². The van der Waals surface area contributed by atoms with Gasteiger partial charge in [-0.1, -0.05) is 0 Å². The molecule has 1 aromatic rings. The minimum Gasteiger partial charge on any atom is -0.469 e. The van der Waals surface area contributed by atoms with Gasteiger partial charge in [-0.2, -0.15) is 18.4 Å². The van der Waals surface area contributed by atoms with Crippen LogP contribution in [0.5, 0.6) is 0 Å². The molecule has 102 valence electrons. The van der Waals surface area contributed by atoms with E-state index < -0.39 is 17.7 Å². The van der Waals surface area contributed by atoms with Crippen molar-refractivity contribution in [3.63, 3.8) is 0 Å². The topological polar surface area (TPSA) is 76.1 Å². The van der Waals surface area contributed by atoms with Crippen molar-refractivity contribution in [1.82, 2.24) is 0 Å². The van der Waals surface area contributed by atoms with E-state index >= 15 is 0 Å². The Morgan fingerprint density at radius 2 is 2.11 bits per heavy atom. The van der Waals surface area contributed by atoms with Crippen LogP contribution in [-0.4, -0.2) is 13.1 Å². The molecule has 7 heteroatoms. The second kappa shape index (κ2) is 5.71. The average molecular weight is 272 g/mol. The van der Waals surface area contributed by atoms with Gasteiger partial charge in [0, 0.05) is 6.54 Å². The highest BCUT2D eigenvalue weighted by Crippen LogP contribution is 2.32. The number of esters is 1. The third-order valence-corrected chi connectivity index (χ3v) is 2.56. The number of nitrogens with two attached hydrogens (primary N) is 1. The first kappa shape index (κ1) is 15.0. The third kappa shape index (κ3) is 3.45. The predicted octanol–water partition coefficient (Wildman–Crippen LogP) is 1.75. The molecule has 0 saturated heterocycles. The third-order valence-electron chi connectivity index (χ3n) is 2.56. The zero-order chi connectivity index (χ0) is 14.6. The molecule has 0 saturated carbocycles. The molecule has 19 heavy (non-hydrogen) atoms. The van der Waals surface area contributed by atoms with Crippen LogP contribution in [0.1, 0.15) is 22.3 Å². The number of benzene rings is 1. The molecule has 0 heterocycles. The first-order valence-electron chi connectivity index (χ1n) is 5.23. The van der Waals surface area contributed by atoms with E-state index in [4.69, 9.17) is 11.0 Å². The maximum absolute atomic E-state index is 12.6. The highest BCUT2D eigenvalue weighted by Gasteiger charge is 2.32. The molecule has 2 N–H and O–H groups in total. The van der Waals surface area contributed by atoms with E-state index in [-0.39, 0.29) is 29.7 Å². The maximum atomic E-state index is 12.6. The second-order valence-corrected chi connectivity index (χ2v) is 3.73. The van der Waals surface area contributed by atoms with Crippen LogP contribution < -0.4 is 5.73 Å². The van der Waals surface area contributed by atoms with Crippen molar-refractivity contribution in [2.24, 2.45) is 5.73 Å². The Kier molecular flexibility index (Phi) is 4.51. The largest absolute Gasteiger partial charge is 0.469 e. The molecule has 0 amide bonds. The summed E-state index contributed by atoms with van der Waals surface area (Å²) in [7, 11) is 1.15. The number of halogens is 3. The molecule has 0 aromatic heterocycles. The Labute approximate surface area is 107 Å². The second-order valence-electron chi connectivity index (χ2n) is 3.73. The van der Waals surface area contributed by atoms with E-state index in [1.165, 1.54) is 0 Å². The number of nitrogens with zero attached hydrogens (tertiary/aromatic N) is 1. The fraction of sp³-hybridized carbons (Fsp3) is 0.333. The molecule has 0 aliphatic heterocycles. The van der Waals surface area contributed by atoms with Gasteiger partial charge in [0.2, 0.25) is 0 Å². The summed E-state index contributed by atoms with van der Waals surface area (Å²) in [5.74, 6) is -0.647. The van der Waals surface area contributed by atoms with Crippen molar-refractivity contribution >= 4 is 5.97 Å². The van der Waals surface area contributed by atoms with Crippen LogP contribution >= 0.6 is 0 Å². The van der Waals surface area contributed by atoms with Crippen LogP contribution in [0, 0.1) is 11.3 Å². The Balaban J connectivity index is 3.39. The monoisotopic (exact) mass is 272 g/mol. The summed E-state index contributed by atoms with van der Waals surface area (Å²) in [6, 6.07) is 3.20. The Morgan fingerprint density at radius 1 is 1.47 bits per heavy atom. The summed E-state index contributed by atoms with van der Waals surface area (Å²) >= 11 is 0. The highest BCUT2D eigenvalue weighted by molar-refractivity contribution is 5.74. The molecule has 0 bridgehead atoms. The highest BCUT2D eigenvalue weighted by atomic mass is 19.4. The summed E-state index contributed by atoms with van der Waals surface area (Å²) in [4.78, 5) is 11.2. The summed E-state index contributed by atoms with van der Waals surface area (Å²) < 4.78 is 42.4. The minimum absolute atomic E-state index is 0.108. The van der Waals surface area contributed by atoms with Crippen molar-refractivity contribution in [2.75, 3.05) is 7.11 Å². The van der Waals surface area contributed by atoms with E-state index in [0.29, 0.717) is 6.07 Å². The molecule has 4 nitrogen and oxygen atoms in total. The number of methoxy groups -OCH3 is 1. The summed E-state index contributed by atoms with van der Waals surface area (Å²) in [5.41, 5.74) is 4.47. The number of hydrogen-bond acceptors (Lipinski definition) is 4. The Hall–Kier alpha value is -2.07. The lowest BCUT2D eigenvalue weighted by atomic mass is 9.95.